The molecule has 0 amide bonds. The highest BCUT2D eigenvalue weighted by molar-refractivity contribution is 7.90. The maximum Gasteiger partial charge on any atom is 0.328 e. The molecule has 20 heavy (non-hydrogen) atoms. The molecule has 0 aliphatic rings. The number of benzene rings is 1. The second-order valence-corrected chi connectivity index (χ2v) is 5.75. The number of hydrogen-bond donors (Lipinski definition) is 3. The molecule has 0 bridgehead atoms. The van der Waals surface area contributed by atoms with Crippen LogP contribution in [0.15, 0.2) is 24.3 Å². The van der Waals surface area contributed by atoms with Gasteiger partial charge in [0.1, 0.15) is 0 Å². The van der Waals surface area contributed by atoms with Crippen molar-refractivity contribution in [3.63, 3.8) is 0 Å². The minimum Gasteiger partial charge on any atom is -0.478 e. The van der Waals surface area contributed by atoms with Crippen LogP contribution in [-0.4, -0.2) is 26.0 Å². The van der Waals surface area contributed by atoms with Crippen LogP contribution in [-0.2, 0) is 15.0 Å². The number of anilines is 1. The average molecular weight is 298 g/mol. The summed E-state index contributed by atoms with van der Waals surface area (Å²) in [6.07, 6.45) is 3.18. The lowest BCUT2D eigenvalue weighted by molar-refractivity contribution is -0.131. The highest BCUT2D eigenvalue weighted by atomic mass is 32.2. The Balaban J connectivity index is 2.86. The number of aryl methyl sites for hydroxylation is 1. The van der Waals surface area contributed by atoms with Crippen molar-refractivity contribution in [3.8, 4) is 0 Å². The van der Waals surface area contributed by atoms with Crippen LogP contribution < -0.4 is 9.44 Å². The van der Waals surface area contributed by atoms with Crippen molar-refractivity contribution in [1.29, 1.82) is 0 Å². The van der Waals surface area contributed by atoms with Crippen LogP contribution in [0.1, 0.15) is 24.5 Å². The zero-order chi connectivity index (χ0) is 15.2. The van der Waals surface area contributed by atoms with Crippen LogP contribution in [0.3, 0.4) is 0 Å². The van der Waals surface area contributed by atoms with Gasteiger partial charge in [0.25, 0.3) is 10.2 Å². The van der Waals surface area contributed by atoms with Crippen LogP contribution in [0.5, 0.6) is 0 Å². The van der Waals surface area contributed by atoms with Crippen molar-refractivity contribution >= 4 is 27.9 Å². The quantitative estimate of drug-likeness (QED) is 0.668. The minimum absolute atomic E-state index is 0.369. The standard InChI is InChI=1S/C13H18N2O4S/c1-3-8-14-20(18,19)15-12-6-4-11(9-10(12)2)5-7-13(16)17/h4-7,9,14-15H,3,8H2,1-2H3,(H,16,17)/b7-5+. The first-order chi connectivity index (χ1) is 9.34. The number of rotatable bonds is 7. The summed E-state index contributed by atoms with van der Waals surface area (Å²) in [5.74, 6) is -1.03. The molecule has 0 spiro atoms. The summed E-state index contributed by atoms with van der Waals surface area (Å²) < 4.78 is 28.2. The van der Waals surface area contributed by atoms with Crippen molar-refractivity contribution in [2.24, 2.45) is 0 Å². The fraction of sp³-hybridized carbons (Fsp3) is 0.308. The Morgan fingerprint density at radius 3 is 2.65 bits per heavy atom. The monoisotopic (exact) mass is 298 g/mol. The molecule has 0 saturated carbocycles. The van der Waals surface area contributed by atoms with Crippen molar-refractivity contribution in [2.45, 2.75) is 20.3 Å². The Kier molecular flexibility index (Phi) is 5.72. The summed E-state index contributed by atoms with van der Waals surface area (Å²) in [4.78, 5) is 10.4. The molecule has 1 aromatic carbocycles. The molecule has 110 valence electrons. The first-order valence-corrected chi connectivity index (χ1v) is 7.61. The molecule has 0 radical (unpaired) electrons. The van der Waals surface area contributed by atoms with Gasteiger partial charge < -0.3 is 5.11 Å². The van der Waals surface area contributed by atoms with Gasteiger partial charge in [-0.3, -0.25) is 4.72 Å². The molecule has 6 nitrogen and oxygen atoms in total. The van der Waals surface area contributed by atoms with E-state index >= 15 is 0 Å². The molecule has 0 aliphatic carbocycles. The van der Waals surface area contributed by atoms with E-state index in [1.54, 1.807) is 25.1 Å². The second-order valence-electron chi connectivity index (χ2n) is 4.25. The minimum atomic E-state index is -3.57. The predicted molar refractivity (Wildman–Crippen MR) is 78.7 cm³/mol. The Morgan fingerprint density at radius 2 is 2.10 bits per heavy atom. The molecule has 0 fully saturated rings. The predicted octanol–water partition coefficient (Wildman–Crippen LogP) is 1.75. The molecule has 0 atom stereocenters. The summed E-state index contributed by atoms with van der Waals surface area (Å²) >= 11 is 0. The van der Waals surface area contributed by atoms with Gasteiger partial charge in [0.05, 0.1) is 5.69 Å². The summed E-state index contributed by atoms with van der Waals surface area (Å²) in [7, 11) is -3.57. The third-order valence-electron chi connectivity index (χ3n) is 2.46. The maximum absolute atomic E-state index is 11.7. The van der Waals surface area contributed by atoms with E-state index in [0.29, 0.717) is 29.8 Å². The molecule has 0 aliphatic heterocycles. The van der Waals surface area contributed by atoms with E-state index in [2.05, 4.69) is 9.44 Å². The topological polar surface area (TPSA) is 95.5 Å². The lowest BCUT2D eigenvalue weighted by Crippen LogP contribution is -2.30. The van der Waals surface area contributed by atoms with Gasteiger partial charge in [-0.2, -0.15) is 13.1 Å². The molecule has 1 aromatic rings. The third-order valence-corrected chi connectivity index (χ3v) is 3.53. The van der Waals surface area contributed by atoms with Gasteiger partial charge in [0.15, 0.2) is 0 Å². The third kappa shape index (κ3) is 5.41. The van der Waals surface area contributed by atoms with Crippen LogP contribution in [0.25, 0.3) is 6.08 Å². The van der Waals surface area contributed by atoms with Crippen molar-refractivity contribution < 1.29 is 18.3 Å². The summed E-state index contributed by atoms with van der Waals surface area (Å²) in [6.45, 7) is 3.99. The number of carboxylic acid groups (broad SMARTS) is 1. The van der Waals surface area contributed by atoms with Crippen LogP contribution >= 0.6 is 0 Å². The molecule has 1 rings (SSSR count). The van der Waals surface area contributed by atoms with E-state index in [0.717, 1.165) is 6.08 Å². The Hall–Kier alpha value is -1.86. The molecule has 0 heterocycles. The summed E-state index contributed by atoms with van der Waals surface area (Å²) in [5, 5.41) is 8.55. The van der Waals surface area contributed by atoms with Crippen LogP contribution in [0.2, 0.25) is 0 Å². The molecular weight excluding hydrogens is 280 g/mol. The summed E-state index contributed by atoms with van der Waals surface area (Å²) in [6, 6.07) is 4.95. The fourth-order valence-corrected chi connectivity index (χ4v) is 2.55. The van der Waals surface area contributed by atoms with E-state index in [-0.39, 0.29) is 0 Å². The van der Waals surface area contributed by atoms with Gasteiger partial charge in [-0.1, -0.05) is 13.0 Å². The van der Waals surface area contributed by atoms with Crippen molar-refractivity contribution in [3.05, 3.63) is 35.4 Å². The molecule has 7 heteroatoms. The molecular formula is C13H18N2O4S. The van der Waals surface area contributed by atoms with Crippen molar-refractivity contribution in [1.82, 2.24) is 4.72 Å². The largest absolute Gasteiger partial charge is 0.478 e. The van der Waals surface area contributed by atoms with Crippen molar-refractivity contribution in [2.75, 3.05) is 11.3 Å². The molecule has 0 unspecified atom stereocenters. The Morgan fingerprint density at radius 1 is 1.40 bits per heavy atom. The van der Waals surface area contributed by atoms with Gasteiger partial charge in [-0.25, -0.2) is 4.79 Å². The zero-order valence-electron chi connectivity index (χ0n) is 11.4. The Labute approximate surface area is 118 Å². The average Bonchev–Trinajstić information content (AvgIpc) is 2.37. The van der Waals surface area contributed by atoms with Gasteiger partial charge in [-0.15, -0.1) is 0 Å². The van der Waals surface area contributed by atoms with Gasteiger partial charge >= 0.3 is 5.97 Å². The fourth-order valence-electron chi connectivity index (χ4n) is 1.49. The van der Waals surface area contributed by atoms with E-state index in [1.165, 1.54) is 6.08 Å². The number of carbonyl (C=O) groups is 1. The highest BCUT2D eigenvalue weighted by Gasteiger charge is 2.10. The zero-order valence-corrected chi connectivity index (χ0v) is 12.2. The van der Waals surface area contributed by atoms with E-state index in [9.17, 15) is 13.2 Å². The SMILES string of the molecule is CCCNS(=O)(=O)Nc1ccc(/C=C/C(=O)O)cc1C. The smallest absolute Gasteiger partial charge is 0.328 e. The maximum atomic E-state index is 11.7. The molecule has 0 aromatic heterocycles. The number of hydrogen-bond acceptors (Lipinski definition) is 3. The van der Waals surface area contributed by atoms with Gasteiger partial charge in [0.2, 0.25) is 0 Å². The molecule has 3 N–H and O–H groups in total. The van der Waals surface area contributed by atoms with E-state index in [4.69, 9.17) is 5.11 Å². The van der Waals surface area contributed by atoms with Crippen LogP contribution in [0.4, 0.5) is 5.69 Å². The van der Waals surface area contributed by atoms with Crippen LogP contribution in [0, 0.1) is 6.92 Å². The lowest BCUT2D eigenvalue weighted by Gasteiger charge is -2.11. The number of nitrogens with one attached hydrogen (secondary N) is 2. The number of aliphatic carboxylic acids is 1. The first-order valence-electron chi connectivity index (χ1n) is 6.13. The normalized spacial score (nSPS) is 11.7. The first kappa shape index (κ1) is 16.2. The summed E-state index contributed by atoms with van der Waals surface area (Å²) in [5.41, 5.74) is 1.86. The lowest BCUT2D eigenvalue weighted by atomic mass is 10.1. The van der Waals surface area contributed by atoms with Gasteiger partial charge in [-0.05, 0) is 42.7 Å². The second kappa shape index (κ2) is 7.06. The highest BCUT2D eigenvalue weighted by Crippen LogP contribution is 2.18. The molecule has 0 saturated heterocycles. The van der Waals surface area contributed by atoms with Gasteiger partial charge in [0, 0.05) is 12.6 Å². The Bertz CT molecular complexity index is 609. The van der Waals surface area contributed by atoms with E-state index < -0.39 is 16.2 Å². The number of carboxylic acids is 1. The van der Waals surface area contributed by atoms with E-state index in [1.807, 2.05) is 6.92 Å².